The summed E-state index contributed by atoms with van der Waals surface area (Å²) in [5.41, 5.74) is 7.75. The van der Waals surface area contributed by atoms with Crippen molar-refractivity contribution in [3.8, 4) is 11.1 Å². The summed E-state index contributed by atoms with van der Waals surface area (Å²) in [4.78, 5) is 23.7. The number of amides is 1. The van der Waals surface area contributed by atoms with Crippen molar-refractivity contribution in [2.45, 2.75) is 30.4 Å². The van der Waals surface area contributed by atoms with E-state index >= 15 is 0 Å². The summed E-state index contributed by atoms with van der Waals surface area (Å²) in [6.45, 7) is 2.08. The molecule has 3 aromatic rings. The minimum absolute atomic E-state index is 0.0417. The number of hydrogen-bond acceptors (Lipinski definition) is 8. The van der Waals surface area contributed by atoms with Crippen molar-refractivity contribution in [2.75, 3.05) is 18.4 Å². The van der Waals surface area contributed by atoms with Gasteiger partial charge < -0.3 is 16.2 Å². The van der Waals surface area contributed by atoms with Crippen molar-refractivity contribution in [1.29, 1.82) is 0 Å². The second kappa shape index (κ2) is 9.22. The Balaban J connectivity index is 1.45. The molecule has 11 heteroatoms. The van der Waals surface area contributed by atoms with Gasteiger partial charge in [-0.25, -0.2) is 18.4 Å². The van der Waals surface area contributed by atoms with Gasteiger partial charge in [0.15, 0.2) is 0 Å². The molecule has 4 N–H and O–H groups in total. The highest BCUT2D eigenvalue weighted by atomic mass is 32.2. The third kappa shape index (κ3) is 5.00. The van der Waals surface area contributed by atoms with Gasteiger partial charge in [0.1, 0.15) is 5.69 Å². The molecule has 3 heterocycles. The van der Waals surface area contributed by atoms with E-state index in [0.29, 0.717) is 17.9 Å². The number of aliphatic hydroxyl groups excluding tert-OH is 1. The molecule has 0 aliphatic carbocycles. The number of carbonyl (C=O) groups is 1. The molecule has 1 aliphatic rings. The molecule has 0 unspecified atom stereocenters. The van der Waals surface area contributed by atoms with Crippen molar-refractivity contribution in [3.05, 3.63) is 66.2 Å². The van der Waals surface area contributed by atoms with Crippen LogP contribution in [0.3, 0.4) is 0 Å². The Morgan fingerprint density at radius 3 is 2.45 bits per heavy atom. The fraction of sp³-hybridized carbons (Fsp3) is 0.273. The SMILES string of the molecule is Cc1cnc(N[C@@H]2CCN(S(=O)(=O)c3ccc(-c4ccnc(C(N)=O)c4)cc3)C[C@@H]2O)nc1. The Morgan fingerprint density at radius 1 is 1.12 bits per heavy atom. The van der Waals surface area contributed by atoms with E-state index in [1.165, 1.54) is 22.6 Å². The standard InChI is InChI=1S/C22H24N6O4S/c1-14-11-25-22(26-12-14)27-18-7-9-28(13-20(18)29)33(31,32)17-4-2-15(3-5-17)16-6-8-24-19(10-16)21(23)30/h2-6,8,10-12,18,20,29H,7,9,13H2,1H3,(H2,23,30)(H,25,26,27)/t18-,20+/m1/s1. The zero-order chi connectivity index (χ0) is 23.6. The number of pyridine rings is 1. The van der Waals surface area contributed by atoms with Crippen LogP contribution in [0.1, 0.15) is 22.5 Å². The number of primary amides is 1. The van der Waals surface area contributed by atoms with Crippen molar-refractivity contribution < 1.29 is 18.3 Å². The molecular formula is C22H24N6O4S. The lowest BCUT2D eigenvalue weighted by Crippen LogP contribution is -2.51. The van der Waals surface area contributed by atoms with Crippen molar-refractivity contribution in [2.24, 2.45) is 5.73 Å². The fourth-order valence-electron chi connectivity index (χ4n) is 3.64. The predicted octanol–water partition coefficient (Wildman–Crippen LogP) is 1.18. The van der Waals surface area contributed by atoms with Gasteiger partial charge in [0, 0.05) is 31.7 Å². The first-order valence-electron chi connectivity index (χ1n) is 10.3. The maximum atomic E-state index is 13.1. The first-order valence-corrected chi connectivity index (χ1v) is 11.8. The number of nitrogens with two attached hydrogens (primary N) is 1. The van der Waals surface area contributed by atoms with Gasteiger partial charge in [-0.3, -0.25) is 9.78 Å². The lowest BCUT2D eigenvalue weighted by molar-refractivity contribution is 0.0947. The third-order valence-electron chi connectivity index (χ3n) is 5.48. The summed E-state index contributed by atoms with van der Waals surface area (Å²) in [7, 11) is -3.79. The largest absolute Gasteiger partial charge is 0.390 e. The number of nitrogens with one attached hydrogen (secondary N) is 1. The van der Waals surface area contributed by atoms with Gasteiger partial charge in [-0.2, -0.15) is 4.31 Å². The molecule has 0 spiro atoms. The van der Waals surface area contributed by atoms with E-state index in [0.717, 1.165) is 11.1 Å². The lowest BCUT2D eigenvalue weighted by Gasteiger charge is -2.35. The number of piperidine rings is 1. The summed E-state index contributed by atoms with van der Waals surface area (Å²) < 4.78 is 27.5. The normalized spacial score (nSPS) is 19.2. The summed E-state index contributed by atoms with van der Waals surface area (Å²) in [6, 6.07) is 9.24. The highest BCUT2D eigenvalue weighted by molar-refractivity contribution is 7.89. The number of aliphatic hydroxyl groups is 1. The number of carbonyl (C=O) groups excluding carboxylic acids is 1. The molecule has 1 fully saturated rings. The zero-order valence-electron chi connectivity index (χ0n) is 17.9. The van der Waals surface area contributed by atoms with Gasteiger partial charge in [-0.05, 0) is 54.3 Å². The summed E-state index contributed by atoms with van der Waals surface area (Å²) in [5, 5.41) is 13.6. The van der Waals surface area contributed by atoms with Crippen molar-refractivity contribution >= 4 is 21.9 Å². The number of nitrogens with zero attached hydrogens (tertiary/aromatic N) is 4. The highest BCUT2D eigenvalue weighted by Gasteiger charge is 2.35. The minimum Gasteiger partial charge on any atom is -0.390 e. The fourth-order valence-corrected chi connectivity index (χ4v) is 5.11. The molecule has 0 saturated carbocycles. The van der Waals surface area contributed by atoms with Gasteiger partial charge in [-0.1, -0.05) is 12.1 Å². The Bertz CT molecular complexity index is 1250. The summed E-state index contributed by atoms with van der Waals surface area (Å²) >= 11 is 0. The molecule has 2 aromatic heterocycles. The number of rotatable bonds is 6. The number of aryl methyl sites for hydroxylation is 1. The van der Waals surface area contributed by atoms with Gasteiger partial charge in [-0.15, -0.1) is 0 Å². The maximum absolute atomic E-state index is 13.1. The molecule has 1 aromatic carbocycles. The average molecular weight is 469 g/mol. The highest BCUT2D eigenvalue weighted by Crippen LogP contribution is 2.26. The monoisotopic (exact) mass is 468 g/mol. The van der Waals surface area contributed by atoms with Gasteiger partial charge in [0.2, 0.25) is 16.0 Å². The van der Waals surface area contributed by atoms with Crippen molar-refractivity contribution in [3.63, 3.8) is 0 Å². The van der Waals surface area contributed by atoms with E-state index in [2.05, 4.69) is 20.3 Å². The first-order chi connectivity index (χ1) is 15.7. The first kappa shape index (κ1) is 22.8. The van der Waals surface area contributed by atoms with Crippen LogP contribution in [0.5, 0.6) is 0 Å². The molecule has 2 atom stereocenters. The van der Waals surface area contributed by atoms with Crippen molar-refractivity contribution in [1.82, 2.24) is 19.3 Å². The quantitative estimate of drug-likeness (QED) is 0.488. The van der Waals surface area contributed by atoms with Crippen LogP contribution in [0.25, 0.3) is 11.1 Å². The number of anilines is 1. The van der Waals surface area contributed by atoms with Crippen LogP contribution >= 0.6 is 0 Å². The molecule has 1 aliphatic heterocycles. The number of hydrogen-bond donors (Lipinski definition) is 3. The topological polar surface area (TPSA) is 151 Å². The molecule has 1 saturated heterocycles. The second-order valence-corrected chi connectivity index (χ2v) is 9.81. The van der Waals surface area contributed by atoms with Crippen LogP contribution in [0, 0.1) is 6.92 Å². The Kier molecular flexibility index (Phi) is 6.36. The van der Waals surface area contributed by atoms with Gasteiger partial charge in [0.25, 0.3) is 5.91 Å². The zero-order valence-corrected chi connectivity index (χ0v) is 18.7. The summed E-state index contributed by atoms with van der Waals surface area (Å²) in [6.07, 6.45) is 4.31. The molecule has 33 heavy (non-hydrogen) atoms. The van der Waals surface area contributed by atoms with E-state index < -0.39 is 22.0 Å². The van der Waals surface area contributed by atoms with E-state index in [-0.39, 0.29) is 29.7 Å². The van der Waals surface area contributed by atoms with Crippen LogP contribution in [0.2, 0.25) is 0 Å². The smallest absolute Gasteiger partial charge is 0.267 e. The number of aromatic nitrogens is 3. The van der Waals surface area contributed by atoms with E-state index in [1.54, 1.807) is 36.7 Å². The van der Waals surface area contributed by atoms with Crippen LogP contribution in [-0.2, 0) is 10.0 Å². The maximum Gasteiger partial charge on any atom is 0.267 e. The van der Waals surface area contributed by atoms with E-state index in [1.807, 2.05) is 6.92 Å². The molecule has 10 nitrogen and oxygen atoms in total. The lowest BCUT2D eigenvalue weighted by atomic mass is 10.0. The van der Waals surface area contributed by atoms with Gasteiger partial charge in [0.05, 0.1) is 17.0 Å². The second-order valence-electron chi connectivity index (χ2n) is 7.87. The van der Waals surface area contributed by atoms with Crippen LogP contribution < -0.4 is 11.1 Å². The number of β-amino-alcohol motifs (C(OH)–C–C–N with tert-alkyl or cyclic N) is 1. The third-order valence-corrected chi connectivity index (χ3v) is 7.36. The number of benzene rings is 1. The minimum atomic E-state index is -3.79. The summed E-state index contributed by atoms with van der Waals surface area (Å²) in [5.74, 6) is -0.242. The molecule has 4 rings (SSSR count). The Morgan fingerprint density at radius 2 is 1.82 bits per heavy atom. The number of sulfonamides is 1. The molecular weight excluding hydrogens is 444 g/mol. The Labute approximate surface area is 191 Å². The van der Waals surface area contributed by atoms with Crippen LogP contribution in [-0.4, -0.2) is 63.9 Å². The molecule has 0 radical (unpaired) electrons. The molecule has 1 amide bonds. The predicted molar refractivity (Wildman–Crippen MR) is 122 cm³/mol. The van der Waals surface area contributed by atoms with E-state index in [9.17, 15) is 18.3 Å². The van der Waals surface area contributed by atoms with Gasteiger partial charge >= 0.3 is 0 Å². The molecule has 172 valence electrons. The van der Waals surface area contributed by atoms with E-state index in [4.69, 9.17) is 5.73 Å². The Hall–Kier alpha value is -3.41. The molecule has 0 bridgehead atoms. The van der Waals surface area contributed by atoms with Crippen LogP contribution in [0.4, 0.5) is 5.95 Å². The average Bonchev–Trinajstić information content (AvgIpc) is 2.82. The van der Waals surface area contributed by atoms with Crippen LogP contribution in [0.15, 0.2) is 59.9 Å².